The van der Waals surface area contributed by atoms with E-state index in [9.17, 15) is 4.79 Å². The molecule has 2 N–H and O–H groups in total. The van der Waals surface area contributed by atoms with Crippen molar-refractivity contribution < 1.29 is 0 Å². The maximum absolute atomic E-state index is 11.3. The molecule has 0 spiro atoms. The maximum atomic E-state index is 11.3. The molecule has 0 aliphatic heterocycles. The molecule has 0 unspecified atom stereocenters. The van der Waals surface area contributed by atoms with Crippen molar-refractivity contribution in [1.82, 2.24) is 24.4 Å². The van der Waals surface area contributed by atoms with Crippen LogP contribution in [-0.2, 0) is 6.54 Å². The van der Waals surface area contributed by atoms with Gasteiger partial charge < -0.3 is 0 Å². The second-order valence-corrected chi connectivity index (χ2v) is 3.95. The average Bonchev–Trinajstić information content (AvgIpc) is 2.67. The Hall–Kier alpha value is -1.28. The zero-order valence-electron chi connectivity index (χ0n) is 7.27. The van der Waals surface area contributed by atoms with Crippen molar-refractivity contribution in [2.75, 3.05) is 0 Å². The van der Waals surface area contributed by atoms with Crippen LogP contribution < -0.4 is 5.69 Å². The van der Waals surface area contributed by atoms with Crippen LogP contribution in [0.1, 0.15) is 10.6 Å². The van der Waals surface area contributed by atoms with Gasteiger partial charge in [0.2, 0.25) is 0 Å². The van der Waals surface area contributed by atoms with E-state index in [4.69, 9.17) is 12.2 Å². The Kier molecular flexibility index (Phi) is 2.30. The molecule has 0 atom stereocenters. The predicted octanol–water partition coefficient (Wildman–Crippen LogP) is 0.442. The zero-order valence-corrected chi connectivity index (χ0v) is 8.91. The Morgan fingerprint density at radius 3 is 2.86 bits per heavy atom. The van der Waals surface area contributed by atoms with Gasteiger partial charge in [-0.15, -0.1) is 5.10 Å². The van der Waals surface area contributed by atoms with Gasteiger partial charge in [0, 0.05) is 0 Å². The van der Waals surface area contributed by atoms with Gasteiger partial charge in [-0.2, -0.15) is 0 Å². The number of hydrogen-bond donors (Lipinski definition) is 2. The van der Waals surface area contributed by atoms with Crippen LogP contribution in [0.4, 0.5) is 0 Å². The minimum atomic E-state index is -0.247. The smallest absolute Gasteiger partial charge is 0.272 e. The fourth-order valence-corrected chi connectivity index (χ4v) is 1.84. The lowest BCUT2D eigenvalue weighted by molar-refractivity contribution is 0.755. The second kappa shape index (κ2) is 3.46. The summed E-state index contributed by atoms with van der Waals surface area (Å²) in [6.45, 7) is 2.27. The Morgan fingerprint density at radius 1 is 1.57 bits per heavy atom. The summed E-state index contributed by atoms with van der Waals surface area (Å²) in [5.74, 6) is 0. The molecular weight excluding hydrogens is 222 g/mol. The van der Waals surface area contributed by atoms with Crippen molar-refractivity contribution in [2.24, 2.45) is 0 Å². The first kappa shape index (κ1) is 9.28. The van der Waals surface area contributed by atoms with Gasteiger partial charge in [-0.3, -0.25) is 9.67 Å². The molecule has 2 heterocycles. The van der Waals surface area contributed by atoms with Gasteiger partial charge in [0.05, 0.1) is 17.1 Å². The molecule has 8 heteroatoms. The van der Waals surface area contributed by atoms with E-state index in [1.807, 2.05) is 6.92 Å². The van der Waals surface area contributed by atoms with Crippen LogP contribution in [0.25, 0.3) is 0 Å². The topological polar surface area (TPSA) is 79.4 Å². The fraction of sp³-hybridized carbons (Fsp3) is 0.333. The summed E-state index contributed by atoms with van der Waals surface area (Å²) in [7, 11) is 0. The minimum absolute atomic E-state index is 0.247. The molecule has 0 fully saturated rings. The fourth-order valence-electron chi connectivity index (χ4n) is 1.02. The summed E-state index contributed by atoms with van der Waals surface area (Å²) in [6, 6.07) is 0. The molecule has 0 amide bonds. The summed E-state index contributed by atoms with van der Waals surface area (Å²) >= 11 is 6.20. The highest BCUT2D eigenvalue weighted by Crippen LogP contribution is 2.09. The van der Waals surface area contributed by atoms with Gasteiger partial charge >= 0.3 is 5.69 Å². The third-order valence-corrected chi connectivity index (χ3v) is 2.94. The van der Waals surface area contributed by atoms with E-state index in [-0.39, 0.29) is 5.69 Å². The van der Waals surface area contributed by atoms with Crippen molar-refractivity contribution >= 4 is 23.8 Å². The Balaban J connectivity index is 2.41. The second-order valence-electron chi connectivity index (χ2n) is 2.73. The lowest BCUT2D eigenvalue weighted by Gasteiger charge is -1.96. The van der Waals surface area contributed by atoms with Crippen LogP contribution in [0.2, 0.25) is 0 Å². The zero-order chi connectivity index (χ0) is 10.1. The molecular formula is C6H7N5OS2. The quantitative estimate of drug-likeness (QED) is 0.732. The van der Waals surface area contributed by atoms with E-state index in [2.05, 4.69) is 19.8 Å². The predicted molar refractivity (Wildman–Crippen MR) is 54.0 cm³/mol. The molecule has 6 nitrogen and oxygen atoms in total. The first-order valence-corrected chi connectivity index (χ1v) is 5.02. The van der Waals surface area contributed by atoms with Gasteiger partial charge in [-0.25, -0.2) is 9.89 Å². The average molecular weight is 229 g/mol. The van der Waals surface area contributed by atoms with Gasteiger partial charge in [0.1, 0.15) is 0 Å². The van der Waals surface area contributed by atoms with Gasteiger partial charge in [0.15, 0.2) is 4.77 Å². The highest BCUT2D eigenvalue weighted by Gasteiger charge is 2.06. The number of nitrogens with zero attached hydrogens (tertiary/aromatic N) is 3. The van der Waals surface area contributed by atoms with Crippen molar-refractivity contribution in [1.29, 1.82) is 0 Å². The highest BCUT2D eigenvalue weighted by atomic mass is 32.1. The van der Waals surface area contributed by atoms with Crippen molar-refractivity contribution in [3.63, 3.8) is 0 Å². The molecule has 74 valence electrons. The first-order valence-electron chi connectivity index (χ1n) is 3.84. The van der Waals surface area contributed by atoms with Crippen LogP contribution in [0.15, 0.2) is 4.79 Å². The number of rotatable bonds is 2. The molecule has 2 aromatic rings. The lowest BCUT2D eigenvalue weighted by Crippen LogP contribution is -2.17. The van der Waals surface area contributed by atoms with E-state index >= 15 is 0 Å². The summed E-state index contributed by atoms with van der Waals surface area (Å²) < 4.78 is 5.59. The highest BCUT2D eigenvalue weighted by molar-refractivity contribution is 7.71. The molecule has 0 radical (unpaired) electrons. The van der Waals surface area contributed by atoms with Gasteiger partial charge in [-0.05, 0) is 30.7 Å². The number of aromatic amines is 2. The molecule has 0 aliphatic carbocycles. The Bertz CT molecular complexity index is 519. The molecule has 2 rings (SSSR count). The Morgan fingerprint density at radius 2 is 2.36 bits per heavy atom. The number of hydrogen-bond acceptors (Lipinski definition) is 5. The summed E-state index contributed by atoms with van der Waals surface area (Å²) in [5.41, 5.74) is 0.584. The largest absolute Gasteiger partial charge is 0.342 e. The Labute approximate surface area is 87.8 Å². The van der Waals surface area contributed by atoms with Crippen molar-refractivity contribution in [2.45, 2.75) is 13.5 Å². The van der Waals surface area contributed by atoms with Crippen LogP contribution >= 0.6 is 23.8 Å². The number of aromatic nitrogens is 5. The number of nitrogens with one attached hydrogen (secondary N) is 2. The van der Waals surface area contributed by atoms with Gasteiger partial charge in [0.25, 0.3) is 0 Å². The normalized spacial score (nSPS) is 10.6. The lowest BCUT2D eigenvalue weighted by atomic mass is 10.4. The van der Waals surface area contributed by atoms with Crippen LogP contribution in [0.3, 0.4) is 0 Å². The minimum Gasteiger partial charge on any atom is -0.272 e. The standard InChI is InChI=1S/C6H7N5OS2/c1-3-4(14-10-7-3)2-11-5(12)8-9-6(11)13/h2H2,1H3,(H,8,12)(H,9,13). The van der Waals surface area contributed by atoms with Gasteiger partial charge in [-0.1, -0.05) is 4.49 Å². The summed E-state index contributed by atoms with van der Waals surface area (Å²) in [6.07, 6.45) is 0. The third kappa shape index (κ3) is 1.53. The SMILES string of the molecule is Cc1nnsc1Cn1c(=O)[nH][nH]c1=S. The molecule has 0 bridgehead atoms. The van der Waals surface area contributed by atoms with Crippen LogP contribution in [0.5, 0.6) is 0 Å². The molecule has 14 heavy (non-hydrogen) atoms. The van der Waals surface area contributed by atoms with E-state index in [1.54, 1.807) is 0 Å². The molecule has 0 aliphatic rings. The summed E-state index contributed by atoms with van der Waals surface area (Å²) in [4.78, 5) is 12.2. The monoisotopic (exact) mass is 229 g/mol. The number of aryl methyl sites for hydroxylation is 1. The first-order chi connectivity index (χ1) is 6.68. The van der Waals surface area contributed by atoms with E-state index < -0.39 is 0 Å². The van der Waals surface area contributed by atoms with Crippen molar-refractivity contribution in [3.05, 3.63) is 25.8 Å². The molecule has 2 aromatic heterocycles. The van der Waals surface area contributed by atoms with Crippen LogP contribution in [-0.4, -0.2) is 24.4 Å². The summed E-state index contributed by atoms with van der Waals surface area (Å²) in [5, 5.41) is 8.84. The molecule has 0 aromatic carbocycles. The third-order valence-electron chi connectivity index (χ3n) is 1.81. The number of H-pyrrole nitrogens is 2. The molecule has 0 saturated carbocycles. The maximum Gasteiger partial charge on any atom is 0.342 e. The van der Waals surface area contributed by atoms with E-state index in [0.29, 0.717) is 11.3 Å². The van der Waals surface area contributed by atoms with Crippen LogP contribution in [0, 0.1) is 11.7 Å². The van der Waals surface area contributed by atoms with E-state index in [1.165, 1.54) is 16.1 Å². The molecule has 0 saturated heterocycles. The van der Waals surface area contributed by atoms with E-state index in [0.717, 1.165) is 10.6 Å². The van der Waals surface area contributed by atoms with Crippen molar-refractivity contribution in [3.8, 4) is 0 Å².